The Labute approximate surface area is 125 Å². The van der Waals surface area contributed by atoms with Gasteiger partial charge in [0.15, 0.2) is 0 Å². The monoisotopic (exact) mass is 299 g/mol. The van der Waals surface area contributed by atoms with Gasteiger partial charge in [-0.05, 0) is 12.8 Å². The molecule has 0 radical (unpaired) electrons. The van der Waals surface area contributed by atoms with Crippen LogP contribution in [-0.2, 0) is 9.47 Å². The van der Waals surface area contributed by atoms with Crippen LogP contribution in [-0.4, -0.2) is 62.1 Å². The molecule has 0 fully saturated rings. The summed E-state index contributed by atoms with van der Waals surface area (Å²) in [5.41, 5.74) is 0. The molecule has 0 aliphatic carbocycles. The van der Waals surface area contributed by atoms with Crippen molar-refractivity contribution in [1.82, 2.24) is 15.0 Å². The lowest BCUT2D eigenvalue weighted by molar-refractivity contribution is 0.0705. The zero-order chi connectivity index (χ0) is 15.3. The summed E-state index contributed by atoms with van der Waals surface area (Å²) in [4.78, 5) is 12.6. The van der Waals surface area contributed by atoms with Crippen molar-refractivity contribution in [3.63, 3.8) is 0 Å². The molecular weight excluding hydrogens is 274 g/mol. The van der Waals surface area contributed by atoms with E-state index in [-0.39, 0.29) is 0 Å². The van der Waals surface area contributed by atoms with E-state index in [1.807, 2.05) is 0 Å². The van der Waals surface area contributed by atoms with E-state index in [0.717, 1.165) is 19.4 Å². The van der Waals surface area contributed by atoms with Crippen LogP contribution in [0.3, 0.4) is 0 Å². The summed E-state index contributed by atoms with van der Waals surface area (Å²) in [5.74, 6) is 1.01. The Hall–Kier alpha value is -1.67. The van der Waals surface area contributed by atoms with Crippen LogP contribution in [0.2, 0.25) is 0 Å². The van der Waals surface area contributed by atoms with E-state index in [1.54, 1.807) is 7.11 Å². The SMILES string of the molecule is CCCNc1nc(NCCCOCCOC)nc(OC)n1. The second-order valence-electron chi connectivity index (χ2n) is 4.28. The molecule has 0 amide bonds. The van der Waals surface area contributed by atoms with Crippen molar-refractivity contribution in [2.75, 3.05) is 57.8 Å². The Morgan fingerprint density at radius 3 is 2.24 bits per heavy atom. The van der Waals surface area contributed by atoms with E-state index < -0.39 is 0 Å². The minimum absolute atomic E-state index is 0.294. The quantitative estimate of drug-likeness (QED) is 0.556. The number of methoxy groups -OCH3 is 2. The molecule has 0 saturated heterocycles. The van der Waals surface area contributed by atoms with Crippen molar-refractivity contribution in [3.8, 4) is 6.01 Å². The van der Waals surface area contributed by atoms with E-state index in [1.165, 1.54) is 7.11 Å². The number of nitrogens with one attached hydrogen (secondary N) is 2. The Kier molecular flexibility index (Phi) is 9.14. The fourth-order valence-electron chi connectivity index (χ4n) is 1.46. The van der Waals surface area contributed by atoms with Crippen molar-refractivity contribution in [1.29, 1.82) is 0 Å². The molecule has 120 valence electrons. The molecule has 0 atom stereocenters. The lowest BCUT2D eigenvalue weighted by atomic mass is 10.4. The number of anilines is 2. The van der Waals surface area contributed by atoms with E-state index in [2.05, 4.69) is 32.5 Å². The number of hydrogen-bond donors (Lipinski definition) is 2. The summed E-state index contributed by atoms with van der Waals surface area (Å²) >= 11 is 0. The molecule has 0 unspecified atom stereocenters. The standard InChI is InChI=1S/C13H25N5O3/c1-4-6-14-11-16-12(18-13(17-11)20-3)15-7-5-8-21-10-9-19-2/h4-10H2,1-3H3,(H2,14,15,16,17,18). The lowest BCUT2D eigenvalue weighted by Gasteiger charge is -2.09. The summed E-state index contributed by atoms with van der Waals surface area (Å²) < 4.78 is 15.3. The van der Waals surface area contributed by atoms with Crippen LogP contribution < -0.4 is 15.4 Å². The van der Waals surface area contributed by atoms with Crippen LogP contribution >= 0.6 is 0 Å². The summed E-state index contributed by atoms with van der Waals surface area (Å²) in [5, 5.41) is 6.25. The topological polar surface area (TPSA) is 90.4 Å². The van der Waals surface area contributed by atoms with Gasteiger partial charge in [-0.2, -0.15) is 15.0 Å². The van der Waals surface area contributed by atoms with Crippen LogP contribution in [0.4, 0.5) is 11.9 Å². The molecule has 0 aliphatic heterocycles. The smallest absolute Gasteiger partial charge is 0.322 e. The predicted octanol–water partition coefficient (Wildman–Crippen LogP) is 1.17. The second kappa shape index (κ2) is 11.0. The van der Waals surface area contributed by atoms with Gasteiger partial charge in [0, 0.05) is 26.8 Å². The third kappa shape index (κ3) is 7.62. The maximum Gasteiger partial charge on any atom is 0.322 e. The Balaban J connectivity index is 2.35. The van der Waals surface area contributed by atoms with E-state index >= 15 is 0 Å². The van der Waals surface area contributed by atoms with Gasteiger partial charge in [-0.25, -0.2) is 0 Å². The van der Waals surface area contributed by atoms with Gasteiger partial charge in [0.1, 0.15) is 0 Å². The highest BCUT2D eigenvalue weighted by Crippen LogP contribution is 2.10. The van der Waals surface area contributed by atoms with Gasteiger partial charge in [-0.1, -0.05) is 6.92 Å². The summed E-state index contributed by atoms with van der Waals surface area (Å²) in [6.45, 7) is 5.49. The number of ether oxygens (including phenoxy) is 3. The maximum absolute atomic E-state index is 5.38. The van der Waals surface area contributed by atoms with E-state index in [9.17, 15) is 0 Å². The first-order chi connectivity index (χ1) is 10.3. The van der Waals surface area contributed by atoms with Gasteiger partial charge in [-0.3, -0.25) is 0 Å². The van der Waals surface area contributed by atoms with Crippen LogP contribution in [0.1, 0.15) is 19.8 Å². The van der Waals surface area contributed by atoms with Crippen LogP contribution in [0.25, 0.3) is 0 Å². The molecule has 1 heterocycles. The van der Waals surface area contributed by atoms with Crippen molar-refractivity contribution >= 4 is 11.9 Å². The molecule has 2 N–H and O–H groups in total. The van der Waals surface area contributed by atoms with Gasteiger partial charge >= 0.3 is 6.01 Å². The first-order valence-corrected chi connectivity index (χ1v) is 7.14. The average molecular weight is 299 g/mol. The van der Waals surface area contributed by atoms with Gasteiger partial charge in [0.25, 0.3) is 0 Å². The predicted molar refractivity (Wildman–Crippen MR) is 81.0 cm³/mol. The molecule has 0 aliphatic rings. The molecule has 1 rings (SSSR count). The minimum Gasteiger partial charge on any atom is -0.467 e. The van der Waals surface area contributed by atoms with E-state index in [0.29, 0.717) is 44.3 Å². The minimum atomic E-state index is 0.294. The molecule has 1 aromatic rings. The Bertz CT molecular complexity index is 392. The fourth-order valence-corrected chi connectivity index (χ4v) is 1.46. The van der Waals surface area contributed by atoms with Gasteiger partial charge in [0.2, 0.25) is 11.9 Å². The highest BCUT2D eigenvalue weighted by atomic mass is 16.5. The lowest BCUT2D eigenvalue weighted by Crippen LogP contribution is -2.13. The highest BCUT2D eigenvalue weighted by Gasteiger charge is 2.05. The van der Waals surface area contributed by atoms with Crippen molar-refractivity contribution in [2.45, 2.75) is 19.8 Å². The molecule has 0 saturated carbocycles. The Morgan fingerprint density at radius 1 is 0.905 bits per heavy atom. The number of aromatic nitrogens is 3. The van der Waals surface area contributed by atoms with Gasteiger partial charge in [-0.15, -0.1) is 0 Å². The fraction of sp³-hybridized carbons (Fsp3) is 0.769. The molecule has 0 bridgehead atoms. The first-order valence-electron chi connectivity index (χ1n) is 7.14. The highest BCUT2D eigenvalue weighted by molar-refractivity contribution is 5.35. The van der Waals surface area contributed by atoms with Gasteiger partial charge < -0.3 is 24.8 Å². The zero-order valence-electron chi connectivity index (χ0n) is 13.0. The zero-order valence-corrected chi connectivity index (χ0v) is 13.0. The van der Waals surface area contributed by atoms with Crippen LogP contribution in [0.15, 0.2) is 0 Å². The molecule has 8 heteroatoms. The number of hydrogen-bond acceptors (Lipinski definition) is 8. The third-order valence-corrected chi connectivity index (χ3v) is 2.51. The maximum atomic E-state index is 5.38. The number of nitrogens with zero attached hydrogens (tertiary/aromatic N) is 3. The molecular formula is C13H25N5O3. The van der Waals surface area contributed by atoms with Crippen molar-refractivity contribution < 1.29 is 14.2 Å². The molecule has 0 aromatic carbocycles. The molecule has 21 heavy (non-hydrogen) atoms. The van der Waals surface area contributed by atoms with Crippen LogP contribution in [0.5, 0.6) is 6.01 Å². The molecule has 0 spiro atoms. The van der Waals surface area contributed by atoms with Crippen molar-refractivity contribution in [3.05, 3.63) is 0 Å². The molecule has 8 nitrogen and oxygen atoms in total. The van der Waals surface area contributed by atoms with E-state index in [4.69, 9.17) is 14.2 Å². The summed E-state index contributed by atoms with van der Waals surface area (Å²) in [6, 6.07) is 0.294. The Morgan fingerprint density at radius 2 is 1.62 bits per heavy atom. The van der Waals surface area contributed by atoms with Crippen LogP contribution in [0, 0.1) is 0 Å². The number of rotatable bonds is 12. The average Bonchev–Trinajstić information content (AvgIpc) is 2.51. The largest absolute Gasteiger partial charge is 0.467 e. The molecule has 1 aromatic heterocycles. The summed E-state index contributed by atoms with van der Waals surface area (Å²) in [7, 11) is 3.19. The normalized spacial score (nSPS) is 10.4. The van der Waals surface area contributed by atoms with Gasteiger partial charge in [0.05, 0.1) is 20.3 Å². The second-order valence-corrected chi connectivity index (χ2v) is 4.28. The third-order valence-electron chi connectivity index (χ3n) is 2.51. The summed E-state index contributed by atoms with van der Waals surface area (Å²) in [6.07, 6.45) is 1.85. The van der Waals surface area contributed by atoms with Crippen molar-refractivity contribution in [2.24, 2.45) is 0 Å². The first kappa shape index (κ1) is 17.4.